The molecule has 122 valence electrons. The predicted molar refractivity (Wildman–Crippen MR) is 72.4 cm³/mol. The lowest BCUT2D eigenvalue weighted by Gasteiger charge is -2.24. The Morgan fingerprint density at radius 2 is 1.52 bits per heavy atom. The molecule has 0 bridgehead atoms. The number of hydrogen-bond acceptors (Lipinski definition) is 7. The Balaban J connectivity index is 4.94. The summed E-state index contributed by atoms with van der Waals surface area (Å²) >= 11 is 0. The van der Waals surface area contributed by atoms with E-state index >= 15 is 0 Å². The van der Waals surface area contributed by atoms with Crippen LogP contribution >= 0.6 is 0 Å². The van der Waals surface area contributed by atoms with Crippen molar-refractivity contribution >= 4 is 18.0 Å². The van der Waals surface area contributed by atoms with Gasteiger partial charge < -0.3 is 24.6 Å². The van der Waals surface area contributed by atoms with E-state index in [-0.39, 0.29) is 13.2 Å². The molecule has 0 unspecified atom stereocenters. The van der Waals surface area contributed by atoms with Gasteiger partial charge in [0.25, 0.3) is 0 Å². The number of carbonyl (C=O) groups excluding carboxylic acids is 3. The summed E-state index contributed by atoms with van der Waals surface area (Å²) in [7, 11) is 0. The smallest absolute Gasteiger partial charge is 0.408 e. The van der Waals surface area contributed by atoms with Crippen molar-refractivity contribution in [3.05, 3.63) is 0 Å². The number of ether oxygens (including phenoxy) is 3. The van der Waals surface area contributed by atoms with E-state index in [4.69, 9.17) is 9.47 Å². The predicted octanol–water partition coefficient (Wildman–Crippen LogP) is 0.367. The Kier molecular flexibility index (Phi) is 7.72. The van der Waals surface area contributed by atoms with Gasteiger partial charge in [-0.2, -0.15) is 0 Å². The minimum atomic E-state index is -1.88. The van der Waals surface area contributed by atoms with Crippen LogP contribution in [-0.4, -0.2) is 54.1 Å². The molecular weight excluding hydrogens is 282 g/mol. The van der Waals surface area contributed by atoms with Crippen molar-refractivity contribution in [2.75, 3.05) is 13.2 Å². The van der Waals surface area contributed by atoms with E-state index in [0.29, 0.717) is 0 Å². The SMILES string of the molecule is CCOC(=O)[C@@H](O)[C@@H](NC(=O)OC(C)(C)C)C(=O)OCC. The highest BCUT2D eigenvalue weighted by Crippen LogP contribution is 2.08. The first-order chi connectivity index (χ1) is 9.62. The van der Waals surface area contributed by atoms with Crippen LogP contribution in [0.1, 0.15) is 34.6 Å². The highest BCUT2D eigenvalue weighted by molar-refractivity contribution is 5.89. The van der Waals surface area contributed by atoms with E-state index in [0.717, 1.165) is 0 Å². The number of aliphatic hydroxyl groups is 1. The van der Waals surface area contributed by atoms with Gasteiger partial charge in [-0.1, -0.05) is 0 Å². The van der Waals surface area contributed by atoms with Crippen molar-refractivity contribution in [2.24, 2.45) is 0 Å². The van der Waals surface area contributed by atoms with Crippen LogP contribution in [0, 0.1) is 0 Å². The van der Waals surface area contributed by atoms with Crippen LogP contribution in [0.3, 0.4) is 0 Å². The minimum absolute atomic E-state index is 0.0257. The summed E-state index contributed by atoms with van der Waals surface area (Å²) in [5, 5.41) is 11.9. The molecule has 0 fully saturated rings. The zero-order valence-electron chi connectivity index (χ0n) is 13.0. The fraction of sp³-hybridized carbons (Fsp3) is 0.769. The van der Waals surface area contributed by atoms with Gasteiger partial charge in [-0.15, -0.1) is 0 Å². The van der Waals surface area contributed by atoms with E-state index in [1.807, 2.05) is 0 Å². The van der Waals surface area contributed by atoms with Crippen molar-refractivity contribution in [3.63, 3.8) is 0 Å². The Morgan fingerprint density at radius 1 is 1.05 bits per heavy atom. The molecule has 0 aromatic carbocycles. The second kappa shape index (κ2) is 8.46. The molecule has 0 aromatic rings. The number of alkyl carbamates (subject to hydrolysis) is 1. The van der Waals surface area contributed by atoms with Crippen LogP contribution < -0.4 is 5.32 Å². The van der Waals surface area contributed by atoms with E-state index < -0.39 is 35.8 Å². The molecule has 0 rings (SSSR count). The standard InChI is InChI=1S/C13H23NO7/c1-6-19-10(16)8(9(15)11(17)20-7-2)14-12(18)21-13(3,4)5/h8-9,15H,6-7H2,1-5H3,(H,14,18)/t8-,9+/m1/s1. The molecule has 8 nitrogen and oxygen atoms in total. The van der Waals surface area contributed by atoms with E-state index in [1.54, 1.807) is 34.6 Å². The molecular formula is C13H23NO7. The van der Waals surface area contributed by atoms with E-state index in [9.17, 15) is 19.5 Å². The van der Waals surface area contributed by atoms with Crippen molar-refractivity contribution in [2.45, 2.75) is 52.4 Å². The summed E-state index contributed by atoms with van der Waals surface area (Å²) in [5.74, 6) is -1.99. The zero-order valence-corrected chi connectivity index (χ0v) is 13.0. The summed E-state index contributed by atoms with van der Waals surface area (Å²) in [5.41, 5.74) is -0.793. The van der Waals surface area contributed by atoms with Crippen molar-refractivity contribution in [1.29, 1.82) is 0 Å². The average molecular weight is 305 g/mol. The fourth-order valence-corrected chi connectivity index (χ4v) is 1.30. The molecule has 0 aliphatic rings. The number of amides is 1. The molecule has 0 aliphatic heterocycles. The van der Waals surface area contributed by atoms with Gasteiger partial charge in [0, 0.05) is 0 Å². The molecule has 0 saturated heterocycles. The number of rotatable bonds is 6. The molecule has 2 N–H and O–H groups in total. The third-order valence-electron chi connectivity index (χ3n) is 2.06. The van der Waals surface area contributed by atoms with Crippen molar-refractivity contribution in [3.8, 4) is 0 Å². The van der Waals surface area contributed by atoms with Crippen LogP contribution in [0.25, 0.3) is 0 Å². The van der Waals surface area contributed by atoms with Crippen molar-refractivity contribution < 1.29 is 33.7 Å². The molecule has 0 heterocycles. The molecule has 0 aliphatic carbocycles. The third-order valence-corrected chi connectivity index (χ3v) is 2.06. The molecule has 0 spiro atoms. The first-order valence-corrected chi connectivity index (χ1v) is 6.63. The maximum atomic E-state index is 11.7. The van der Waals surface area contributed by atoms with Gasteiger partial charge in [0.2, 0.25) is 0 Å². The van der Waals surface area contributed by atoms with Crippen molar-refractivity contribution in [1.82, 2.24) is 5.32 Å². The number of aliphatic hydroxyl groups excluding tert-OH is 1. The highest BCUT2D eigenvalue weighted by atomic mass is 16.6. The molecule has 2 atom stereocenters. The second-order valence-electron chi connectivity index (χ2n) is 5.07. The lowest BCUT2D eigenvalue weighted by molar-refractivity contribution is -0.162. The Bertz CT molecular complexity index is 375. The first-order valence-electron chi connectivity index (χ1n) is 6.63. The Hall–Kier alpha value is -1.83. The highest BCUT2D eigenvalue weighted by Gasteiger charge is 2.36. The summed E-state index contributed by atoms with van der Waals surface area (Å²) in [6.45, 7) is 8.05. The normalized spacial score (nSPS) is 13.8. The summed E-state index contributed by atoms with van der Waals surface area (Å²) in [6, 6.07) is -1.60. The van der Waals surface area contributed by atoms with Crippen LogP contribution in [-0.2, 0) is 23.8 Å². The topological polar surface area (TPSA) is 111 Å². The lowest BCUT2D eigenvalue weighted by Crippen LogP contribution is -2.53. The Labute approximate surface area is 123 Å². The molecule has 0 aromatic heterocycles. The van der Waals surface area contributed by atoms with Gasteiger partial charge in [-0.25, -0.2) is 14.4 Å². The van der Waals surface area contributed by atoms with Crippen LogP contribution in [0.2, 0.25) is 0 Å². The maximum Gasteiger partial charge on any atom is 0.408 e. The summed E-state index contributed by atoms with van der Waals surface area (Å²) in [6.07, 6.45) is -2.83. The number of carbonyl (C=O) groups is 3. The van der Waals surface area contributed by atoms with Crippen LogP contribution in [0.5, 0.6) is 0 Å². The number of nitrogens with one attached hydrogen (secondary N) is 1. The third kappa shape index (κ3) is 7.50. The summed E-state index contributed by atoms with van der Waals surface area (Å²) in [4.78, 5) is 34.9. The van der Waals surface area contributed by atoms with Gasteiger partial charge in [0.15, 0.2) is 12.1 Å². The van der Waals surface area contributed by atoms with E-state index in [1.165, 1.54) is 0 Å². The van der Waals surface area contributed by atoms with Gasteiger partial charge in [-0.05, 0) is 34.6 Å². The molecule has 21 heavy (non-hydrogen) atoms. The molecule has 8 heteroatoms. The van der Waals surface area contributed by atoms with E-state index in [2.05, 4.69) is 10.1 Å². The number of esters is 2. The molecule has 1 amide bonds. The zero-order chi connectivity index (χ0) is 16.6. The maximum absolute atomic E-state index is 11.7. The van der Waals surface area contributed by atoms with Gasteiger partial charge >= 0.3 is 18.0 Å². The second-order valence-corrected chi connectivity index (χ2v) is 5.07. The fourth-order valence-electron chi connectivity index (χ4n) is 1.30. The van der Waals surface area contributed by atoms with Gasteiger partial charge in [0.1, 0.15) is 5.60 Å². The average Bonchev–Trinajstić information content (AvgIpc) is 2.33. The van der Waals surface area contributed by atoms with Gasteiger partial charge in [-0.3, -0.25) is 0 Å². The Morgan fingerprint density at radius 3 is 1.95 bits per heavy atom. The lowest BCUT2D eigenvalue weighted by atomic mass is 10.1. The first kappa shape index (κ1) is 19.2. The quantitative estimate of drug-likeness (QED) is 0.538. The molecule has 0 radical (unpaired) electrons. The number of hydrogen-bond donors (Lipinski definition) is 2. The monoisotopic (exact) mass is 305 g/mol. The minimum Gasteiger partial charge on any atom is -0.464 e. The molecule has 0 saturated carbocycles. The van der Waals surface area contributed by atoms with Crippen LogP contribution in [0.15, 0.2) is 0 Å². The largest absolute Gasteiger partial charge is 0.464 e. The summed E-state index contributed by atoms with van der Waals surface area (Å²) < 4.78 is 14.3. The van der Waals surface area contributed by atoms with Gasteiger partial charge in [0.05, 0.1) is 13.2 Å². The van der Waals surface area contributed by atoms with Crippen LogP contribution in [0.4, 0.5) is 4.79 Å².